The van der Waals surface area contributed by atoms with Crippen molar-refractivity contribution in [3.63, 3.8) is 0 Å². The number of aromatic nitrogens is 3. The van der Waals surface area contributed by atoms with Gasteiger partial charge in [0, 0.05) is 37.9 Å². The average Bonchev–Trinajstić information content (AvgIpc) is 3.61. The second kappa shape index (κ2) is 8.82. The number of pyridine rings is 1. The number of rotatable bonds is 6. The van der Waals surface area contributed by atoms with Crippen molar-refractivity contribution < 1.29 is 9.59 Å². The van der Waals surface area contributed by atoms with E-state index in [1.807, 2.05) is 6.92 Å². The summed E-state index contributed by atoms with van der Waals surface area (Å²) in [7, 11) is 3.24. The van der Waals surface area contributed by atoms with Gasteiger partial charge in [0.05, 0.1) is 21.5 Å². The Labute approximate surface area is 194 Å². The monoisotopic (exact) mass is 469 g/mol. The Balaban J connectivity index is 1.79. The van der Waals surface area contributed by atoms with Gasteiger partial charge in [-0.3, -0.25) is 23.9 Å². The minimum atomic E-state index is -0.660. The maximum Gasteiger partial charge on any atom is 0.329 e. The summed E-state index contributed by atoms with van der Waals surface area (Å²) >= 11 is 6.26. The number of fused-ring (bicyclic) bond motifs is 1. The molecule has 1 saturated carbocycles. The van der Waals surface area contributed by atoms with Crippen molar-refractivity contribution >= 4 is 40.1 Å². The molecule has 3 aromatic rings. The van der Waals surface area contributed by atoms with Crippen LogP contribution in [0.4, 0.5) is 5.69 Å². The highest BCUT2D eigenvalue weighted by molar-refractivity contribution is 6.34. The quantitative estimate of drug-likeness (QED) is 0.575. The van der Waals surface area contributed by atoms with Gasteiger partial charge >= 0.3 is 5.69 Å². The third-order valence-electron chi connectivity index (χ3n) is 5.52. The fourth-order valence-corrected chi connectivity index (χ4v) is 3.96. The summed E-state index contributed by atoms with van der Waals surface area (Å²) in [4.78, 5) is 58.9. The van der Waals surface area contributed by atoms with E-state index in [-0.39, 0.29) is 33.4 Å². The second-order valence-corrected chi connectivity index (χ2v) is 8.73. The summed E-state index contributed by atoms with van der Waals surface area (Å²) in [6.45, 7) is 2.28. The maximum absolute atomic E-state index is 13.3. The Hall–Kier alpha value is -3.46. The first-order valence-electron chi connectivity index (χ1n) is 10.7. The van der Waals surface area contributed by atoms with Gasteiger partial charge in [-0.1, -0.05) is 18.5 Å². The van der Waals surface area contributed by atoms with Crippen LogP contribution in [0, 0.1) is 0 Å². The van der Waals surface area contributed by atoms with Crippen LogP contribution in [0.25, 0.3) is 11.0 Å². The first kappa shape index (κ1) is 22.7. The van der Waals surface area contributed by atoms with Crippen LogP contribution in [-0.2, 0) is 6.54 Å². The number of carbonyl (C=O) groups excluding carboxylic acids is 2. The highest BCUT2D eigenvalue weighted by Gasteiger charge is 2.29. The molecule has 2 aromatic heterocycles. The van der Waals surface area contributed by atoms with Gasteiger partial charge in [0.25, 0.3) is 17.4 Å². The van der Waals surface area contributed by atoms with E-state index in [4.69, 9.17) is 11.6 Å². The van der Waals surface area contributed by atoms with Crippen LogP contribution >= 0.6 is 11.6 Å². The largest absolute Gasteiger partial charge is 0.345 e. The lowest BCUT2D eigenvalue weighted by Crippen LogP contribution is -2.32. The average molecular weight is 470 g/mol. The minimum absolute atomic E-state index is 0.0652. The molecule has 0 saturated heterocycles. The Bertz CT molecular complexity index is 1390. The van der Waals surface area contributed by atoms with Crippen LogP contribution in [0.1, 0.15) is 58.5 Å². The summed E-state index contributed by atoms with van der Waals surface area (Å²) in [5, 5.41) is 3.01. The van der Waals surface area contributed by atoms with Crippen molar-refractivity contribution in [1.82, 2.24) is 19.4 Å². The number of amides is 2. The van der Waals surface area contributed by atoms with Gasteiger partial charge in [-0.25, -0.2) is 9.78 Å². The molecule has 0 unspecified atom stereocenters. The summed E-state index contributed by atoms with van der Waals surface area (Å²) in [5.41, 5.74) is 0.512. The standard InChI is InChI=1S/C23H24ClN5O4/c1-4-9-29-19-18(21(31)27-23(29)33)15(11-17(26-19)12-5-6-12)20(30)25-13-7-8-14(16(24)10-13)22(32)28(2)3/h7-8,10-12H,4-6,9H2,1-3H3,(H,25,30)(H,27,31,33). The van der Waals surface area contributed by atoms with Crippen LogP contribution in [-0.4, -0.2) is 45.3 Å². The molecule has 33 heavy (non-hydrogen) atoms. The fraction of sp³-hybridized carbons (Fsp3) is 0.348. The molecule has 1 aliphatic rings. The van der Waals surface area contributed by atoms with E-state index in [2.05, 4.69) is 15.3 Å². The molecule has 0 radical (unpaired) electrons. The predicted molar refractivity (Wildman–Crippen MR) is 126 cm³/mol. The zero-order valence-electron chi connectivity index (χ0n) is 18.6. The highest BCUT2D eigenvalue weighted by atomic mass is 35.5. The molecule has 2 amide bonds. The zero-order chi connectivity index (χ0) is 23.9. The number of nitrogens with zero attached hydrogens (tertiary/aromatic N) is 3. The van der Waals surface area contributed by atoms with E-state index in [1.54, 1.807) is 26.2 Å². The van der Waals surface area contributed by atoms with Gasteiger partial charge in [-0.15, -0.1) is 0 Å². The number of aromatic amines is 1. The lowest BCUT2D eigenvalue weighted by molar-refractivity contribution is 0.0827. The molecule has 10 heteroatoms. The van der Waals surface area contributed by atoms with Crippen molar-refractivity contribution in [2.75, 3.05) is 19.4 Å². The first-order chi connectivity index (χ1) is 15.7. The predicted octanol–water partition coefficient (Wildman–Crippen LogP) is 2.98. The number of aryl methyl sites for hydroxylation is 1. The van der Waals surface area contributed by atoms with E-state index in [9.17, 15) is 19.2 Å². The van der Waals surface area contributed by atoms with E-state index in [0.29, 0.717) is 29.9 Å². The number of anilines is 1. The van der Waals surface area contributed by atoms with Gasteiger partial charge in [0.2, 0.25) is 0 Å². The summed E-state index contributed by atoms with van der Waals surface area (Å²) in [6.07, 6.45) is 2.55. The number of nitrogens with one attached hydrogen (secondary N) is 2. The van der Waals surface area contributed by atoms with E-state index < -0.39 is 17.2 Å². The van der Waals surface area contributed by atoms with Gasteiger partial charge in [0.1, 0.15) is 0 Å². The van der Waals surface area contributed by atoms with Crippen LogP contribution in [0.3, 0.4) is 0 Å². The van der Waals surface area contributed by atoms with Crippen molar-refractivity contribution in [3.05, 3.63) is 66.9 Å². The van der Waals surface area contributed by atoms with E-state index in [0.717, 1.165) is 12.8 Å². The smallest absolute Gasteiger partial charge is 0.329 e. The van der Waals surface area contributed by atoms with Crippen molar-refractivity contribution in [2.45, 2.75) is 38.6 Å². The fourth-order valence-electron chi connectivity index (χ4n) is 3.70. The minimum Gasteiger partial charge on any atom is -0.345 e. The molecule has 2 N–H and O–H groups in total. The molecule has 1 aromatic carbocycles. The molecule has 0 aliphatic heterocycles. The van der Waals surface area contributed by atoms with Gasteiger partial charge in [-0.05, 0) is 43.5 Å². The van der Waals surface area contributed by atoms with Crippen LogP contribution < -0.4 is 16.6 Å². The molecule has 9 nitrogen and oxygen atoms in total. The Morgan fingerprint density at radius 2 is 1.94 bits per heavy atom. The first-order valence-corrected chi connectivity index (χ1v) is 11.1. The number of hydrogen-bond donors (Lipinski definition) is 2. The Kier molecular flexibility index (Phi) is 6.07. The van der Waals surface area contributed by atoms with Crippen molar-refractivity contribution in [1.29, 1.82) is 0 Å². The normalized spacial score (nSPS) is 13.2. The molecule has 0 spiro atoms. The summed E-state index contributed by atoms with van der Waals surface area (Å²) < 4.78 is 1.40. The topological polar surface area (TPSA) is 117 Å². The molecule has 172 valence electrons. The number of benzene rings is 1. The van der Waals surface area contributed by atoms with Crippen LogP contribution in [0.2, 0.25) is 5.02 Å². The second-order valence-electron chi connectivity index (χ2n) is 8.33. The van der Waals surface area contributed by atoms with E-state index in [1.165, 1.54) is 21.6 Å². The zero-order valence-corrected chi connectivity index (χ0v) is 19.3. The molecular weight excluding hydrogens is 446 g/mol. The molecule has 0 atom stereocenters. The van der Waals surface area contributed by atoms with Crippen molar-refractivity contribution in [2.24, 2.45) is 0 Å². The summed E-state index contributed by atoms with van der Waals surface area (Å²) in [5.74, 6) is -0.581. The molecule has 0 bridgehead atoms. The Morgan fingerprint density at radius 3 is 2.55 bits per heavy atom. The van der Waals surface area contributed by atoms with Crippen molar-refractivity contribution in [3.8, 4) is 0 Å². The maximum atomic E-state index is 13.3. The number of hydrogen-bond acceptors (Lipinski definition) is 5. The SMILES string of the molecule is CCCn1c(=O)[nH]c(=O)c2c(C(=O)Nc3ccc(C(=O)N(C)C)c(Cl)c3)cc(C3CC3)nc21. The molecular formula is C23H24ClN5O4. The molecule has 1 fully saturated rings. The third-order valence-corrected chi connectivity index (χ3v) is 5.83. The third kappa shape index (κ3) is 4.41. The van der Waals surface area contributed by atoms with Gasteiger partial charge in [-0.2, -0.15) is 0 Å². The number of halogens is 1. The molecule has 2 heterocycles. The molecule has 1 aliphatic carbocycles. The van der Waals surface area contributed by atoms with Crippen LogP contribution in [0.5, 0.6) is 0 Å². The molecule has 4 rings (SSSR count). The van der Waals surface area contributed by atoms with Gasteiger partial charge < -0.3 is 10.2 Å². The van der Waals surface area contributed by atoms with Gasteiger partial charge in [0.15, 0.2) is 5.65 Å². The van der Waals surface area contributed by atoms with Crippen LogP contribution in [0.15, 0.2) is 33.9 Å². The summed E-state index contributed by atoms with van der Waals surface area (Å²) in [6, 6.07) is 6.21. The lowest BCUT2D eigenvalue weighted by Gasteiger charge is -2.14. The lowest BCUT2D eigenvalue weighted by atomic mass is 10.1. The number of H-pyrrole nitrogens is 1. The Morgan fingerprint density at radius 1 is 1.21 bits per heavy atom. The number of carbonyl (C=O) groups is 2. The van der Waals surface area contributed by atoms with E-state index >= 15 is 0 Å². The highest BCUT2D eigenvalue weighted by Crippen LogP contribution is 2.40.